The second kappa shape index (κ2) is 5.02. The van der Waals surface area contributed by atoms with Crippen molar-refractivity contribution in [3.05, 3.63) is 70.8 Å². The van der Waals surface area contributed by atoms with Crippen molar-refractivity contribution in [3.63, 3.8) is 0 Å². The molecule has 6 rings (SSSR count). The molecule has 3 atom stereocenters. The van der Waals surface area contributed by atoms with Crippen molar-refractivity contribution in [2.24, 2.45) is 16.9 Å². The van der Waals surface area contributed by atoms with E-state index < -0.39 is 6.23 Å². The van der Waals surface area contributed by atoms with Crippen LogP contribution in [0.2, 0.25) is 0 Å². The normalized spacial score (nSPS) is 31.4. The zero-order valence-electron chi connectivity index (χ0n) is 14.3. The molecule has 0 aromatic heterocycles. The fourth-order valence-corrected chi connectivity index (χ4v) is 5.16. The van der Waals surface area contributed by atoms with Gasteiger partial charge in [-0.25, -0.2) is 5.01 Å². The van der Waals surface area contributed by atoms with Crippen molar-refractivity contribution < 1.29 is 9.90 Å². The molecule has 2 aromatic rings. The topological polar surface area (TPSA) is 52.9 Å². The average Bonchev–Trinajstić information content (AvgIpc) is 2.87. The van der Waals surface area contributed by atoms with E-state index in [1.807, 2.05) is 38.1 Å². The van der Waals surface area contributed by atoms with E-state index in [0.717, 1.165) is 5.71 Å². The van der Waals surface area contributed by atoms with Gasteiger partial charge in [0.1, 0.15) is 0 Å². The maximum Gasteiger partial charge on any atom is 0.249 e. The molecular weight excluding hydrogens is 312 g/mol. The summed E-state index contributed by atoms with van der Waals surface area (Å²) in [5.74, 6) is -0.406. The molecule has 4 heteroatoms. The number of hydrogen-bond acceptors (Lipinski definition) is 3. The van der Waals surface area contributed by atoms with Gasteiger partial charge in [0.25, 0.3) is 0 Å². The molecule has 3 aliphatic carbocycles. The Bertz CT molecular complexity index is 868. The first kappa shape index (κ1) is 14.8. The summed E-state index contributed by atoms with van der Waals surface area (Å²) in [5.41, 5.74) is 5.73. The van der Waals surface area contributed by atoms with Crippen molar-refractivity contribution in [3.8, 4) is 0 Å². The molecule has 0 saturated carbocycles. The van der Waals surface area contributed by atoms with Crippen molar-refractivity contribution >= 4 is 11.6 Å². The van der Waals surface area contributed by atoms with Gasteiger partial charge in [0, 0.05) is 23.5 Å². The number of hydrogen-bond donors (Lipinski definition) is 1. The first-order valence-corrected chi connectivity index (χ1v) is 8.80. The number of nitrogens with zero attached hydrogens (tertiary/aromatic N) is 2. The van der Waals surface area contributed by atoms with Crippen LogP contribution in [0.4, 0.5) is 0 Å². The summed E-state index contributed by atoms with van der Waals surface area (Å²) in [7, 11) is 0. The van der Waals surface area contributed by atoms with E-state index in [2.05, 4.69) is 29.4 Å². The van der Waals surface area contributed by atoms with E-state index in [0.29, 0.717) is 0 Å². The number of carbonyl (C=O) groups is 1. The number of rotatable bonds is 1. The Morgan fingerprint density at radius 3 is 1.88 bits per heavy atom. The minimum atomic E-state index is -0.874. The molecule has 0 unspecified atom stereocenters. The summed E-state index contributed by atoms with van der Waals surface area (Å²) in [4.78, 5) is 13.2. The van der Waals surface area contributed by atoms with E-state index in [9.17, 15) is 9.90 Å². The van der Waals surface area contributed by atoms with Gasteiger partial charge >= 0.3 is 0 Å². The van der Waals surface area contributed by atoms with Crippen LogP contribution < -0.4 is 0 Å². The summed E-state index contributed by atoms with van der Waals surface area (Å²) >= 11 is 0. The van der Waals surface area contributed by atoms with Crippen LogP contribution in [0.1, 0.15) is 47.9 Å². The Kier molecular flexibility index (Phi) is 2.98. The van der Waals surface area contributed by atoms with E-state index in [1.165, 1.54) is 27.3 Å². The lowest BCUT2D eigenvalue weighted by Gasteiger charge is -2.47. The maximum atomic E-state index is 13.2. The highest BCUT2D eigenvalue weighted by Crippen LogP contribution is 2.61. The summed E-state index contributed by atoms with van der Waals surface area (Å²) in [6.45, 7) is 3.69. The van der Waals surface area contributed by atoms with Crippen LogP contribution in [0, 0.1) is 11.8 Å². The zero-order chi connectivity index (χ0) is 17.3. The Morgan fingerprint density at radius 2 is 1.40 bits per heavy atom. The molecule has 1 N–H and O–H groups in total. The number of hydrazone groups is 1. The third-order valence-corrected chi connectivity index (χ3v) is 5.90. The van der Waals surface area contributed by atoms with E-state index in [-0.39, 0.29) is 29.6 Å². The number of aliphatic hydroxyl groups excluding tert-OH is 1. The minimum absolute atomic E-state index is 0.00177. The lowest BCUT2D eigenvalue weighted by atomic mass is 9.55. The first-order chi connectivity index (χ1) is 12.1. The minimum Gasteiger partial charge on any atom is -0.371 e. The highest BCUT2D eigenvalue weighted by atomic mass is 16.3. The van der Waals surface area contributed by atoms with Gasteiger partial charge in [-0.3, -0.25) is 4.79 Å². The van der Waals surface area contributed by atoms with Crippen LogP contribution in [-0.2, 0) is 4.79 Å². The third kappa shape index (κ3) is 1.80. The summed E-state index contributed by atoms with van der Waals surface area (Å²) in [6, 6.07) is 16.7. The number of aliphatic hydroxyl groups is 1. The fourth-order valence-electron chi connectivity index (χ4n) is 5.16. The quantitative estimate of drug-likeness (QED) is 0.816. The lowest BCUT2D eigenvalue weighted by Crippen LogP contribution is -2.42. The molecule has 1 amide bonds. The molecule has 1 fully saturated rings. The first-order valence-electron chi connectivity index (χ1n) is 8.80. The Morgan fingerprint density at radius 1 is 0.920 bits per heavy atom. The van der Waals surface area contributed by atoms with Gasteiger partial charge in [0.2, 0.25) is 5.91 Å². The highest BCUT2D eigenvalue weighted by molar-refractivity contribution is 5.88. The molecule has 0 radical (unpaired) electrons. The van der Waals surface area contributed by atoms with Gasteiger partial charge in [0.15, 0.2) is 6.23 Å². The summed E-state index contributed by atoms with van der Waals surface area (Å²) in [6.07, 6.45) is -0.874. The number of benzene rings is 2. The van der Waals surface area contributed by atoms with Crippen molar-refractivity contribution in [1.82, 2.24) is 5.01 Å². The van der Waals surface area contributed by atoms with Crippen molar-refractivity contribution in [1.29, 1.82) is 0 Å². The van der Waals surface area contributed by atoms with E-state index in [4.69, 9.17) is 0 Å². The van der Waals surface area contributed by atoms with Crippen LogP contribution in [-0.4, -0.2) is 28.0 Å². The Hall–Kier alpha value is -2.46. The predicted molar refractivity (Wildman–Crippen MR) is 95.2 cm³/mol. The zero-order valence-corrected chi connectivity index (χ0v) is 14.3. The number of carbonyl (C=O) groups excluding carboxylic acids is 1. The van der Waals surface area contributed by atoms with Gasteiger partial charge in [-0.1, -0.05) is 48.5 Å². The Balaban J connectivity index is 1.76. The van der Waals surface area contributed by atoms with Gasteiger partial charge < -0.3 is 5.11 Å². The molecule has 4 aliphatic rings. The van der Waals surface area contributed by atoms with E-state index >= 15 is 0 Å². The molecule has 1 heterocycles. The molecule has 2 aromatic carbocycles. The molecule has 1 aliphatic heterocycles. The van der Waals surface area contributed by atoms with Crippen LogP contribution in [0.25, 0.3) is 0 Å². The predicted octanol–water partition coefficient (Wildman–Crippen LogP) is 3.07. The molecule has 25 heavy (non-hydrogen) atoms. The van der Waals surface area contributed by atoms with Gasteiger partial charge in [-0.05, 0) is 36.1 Å². The van der Waals surface area contributed by atoms with E-state index in [1.54, 1.807) is 0 Å². The Labute approximate surface area is 146 Å². The van der Waals surface area contributed by atoms with Crippen LogP contribution in [0.5, 0.6) is 0 Å². The van der Waals surface area contributed by atoms with Gasteiger partial charge in [-0.2, -0.15) is 5.10 Å². The van der Waals surface area contributed by atoms with Crippen molar-refractivity contribution in [2.45, 2.75) is 31.9 Å². The van der Waals surface area contributed by atoms with Gasteiger partial charge in [-0.15, -0.1) is 0 Å². The summed E-state index contributed by atoms with van der Waals surface area (Å²) < 4.78 is 0. The maximum absolute atomic E-state index is 13.2. The monoisotopic (exact) mass is 332 g/mol. The fraction of sp³-hybridized carbons (Fsp3) is 0.333. The molecule has 4 nitrogen and oxygen atoms in total. The standard InChI is InChI=1S/C21H20N2O2/c1-11(2)22-23-20(24)18-16-12-7-3-4-8-13(12)17(19(18)21(23)25)15-10-6-5-9-14(15)16/h3-10,16-20,24H,1-2H3/t16?,17?,18-,19+,20+/m0/s1. The second-order valence-electron chi connectivity index (χ2n) is 7.46. The number of amides is 1. The van der Waals surface area contributed by atoms with Crippen LogP contribution >= 0.6 is 0 Å². The van der Waals surface area contributed by atoms with Crippen LogP contribution in [0.3, 0.4) is 0 Å². The van der Waals surface area contributed by atoms with Crippen LogP contribution in [0.15, 0.2) is 53.6 Å². The SMILES string of the molecule is CC(C)=NN1C(=O)[C@@H]2C3c4ccccc4C(c4ccccc43)[C@@H]2[C@H]1O. The highest BCUT2D eigenvalue weighted by Gasteiger charge is 2.61. The third-order valence-electron chi connectivity index (χ3n) is 5.90. The molecule has 2 bridgehead atoms. The average molecular weight is 332 g/mol. The molecule has 1 saturated heterocycles. The lowest BCUT2D eigenvalue weighted by molar-refractivity contribution is -0.135. The smallest absolute Gasteiger partial charge is 0.249 e. The molecule has 0 spiro atoms. The summed E-state index contributed by atoms with van der Waals surface area (Å²) in [5, 5.41) is 16.6. The largest absolute Gasteiger partial charge is 0.371 e. The van der Waals surface area contributed by atoms with Gasteiger partial charge in [0.05, 0.1) is 5.92 Å². The second-order valence-corrected chi connectivity index (χ2v) is 7.46. The molecule has 126 valence electrons. The van der Waals surface area contributed by atoms with Crippen molar-refractivity contribution in [2.75, 3.05) is 0 Å². The molecular formula is C21H20N2O2.